The second kappa shape index (κ2) is 2.63. The van der Waals surface area contributed by atoms with Crippen LogP contribution < -0.4 is 5.14 Å². The zero-order valence-electron chi connectivity index (χ0n) is 5.94. The summed E-state index contributed by atoms with van der Waals surface area (Å²) in [5, 5.41) is 4.75. The van der Waals surface area contributed by atoms with Crippen LogP contribution in [0.15, 0.2) is 10.6 Å². The number of hydrogen-bond donors (Lipinski definition) is 1. The first kappa shape index (κ1) is 8.22. The highest BCUT2D eigenvalue weighted by Crippen LogP contribution is 2.03. The summed E-state index contributed by atoms with van der Waals surface area (Å²) in [5.41, 5.74) is 0. The molecule has 0 fully saturated rings. The van der Waals surface area contributed by atoms with Gasteiger partial charge in [-0.15, -0.1) is 0 Å². The Morgan fingerprint density at radius 3 is 2.73 bits per heavy atom. The lowest BCUT2D eigenvalue weighted by molar-refractivity contribution is 0.484. The van der Waals surface area contributed by atoms with Gasteiger partial charge in [0.1, 0.15) is 11.5 Å². The van der Waals surface area contributed by atoms with Crippen LogP contribution in [0.5, 0.6) is 0 Å². The van der Waals surface area contributed by atoms with Gasteiger partial charge in [0.15, 0.2) is 0 Å². The summed E-state index contributed by atoms with van der Waals surface area (Å²) in [6.45, 7) is 1.68. The van der Waals surface area contributed by atoms with E-state index in [1.165, 1.54) is 6.20 Å². The highest BCUT2D eigenvalue weighted by molar-refractivity contribution is 7.88. The smallest absolute Gasteiger partial charge is 0.218 e. The molecule has 11 heavy (non-hydrogen) atoms. The molecule has 5 nitrogen and oxygen atoms in total. The van der Waals surface area contributed by atoms with Gasteiger partial charge in [-0.1, -0.05) is 0 Å². The maximum absolute atomic E-state index is 10.5. The van der Waals surface area contributed by atoms with E-state index in [4.69, 9.17) is 9.56 Å². The van der Waals surface area contributed by atoms with Gasteiger partial charge in [0.05, 0.1) is 6.20 Å². The molecule has 1 aromatic heterocycles. The first-order chi connectivity index (χ1) is 4.97. The summed E-state index contributed by atoms with van der Waals surface area (Å²) >= 11 is 0. The molecule has 0 bridgehead atoms. The predicted octanol–water partition coefficient (Wildman–Crippen LogP) is -0.228. The van der Waals surface area contributed by atoms with E-state index in [9.17, 15) is 8.42 Å². The maximum Gasteiger partial charge on any atom is 0.218 e. The average molecular weight is 176 g/mol. The number of primary sulfonamides is 1. The second-order valence-corrected chi connectivity index (χ2v) is 3.79. The fourth-order valence-corrected chi connectivity index (χ4v) is 1.12. The van der Waals surface area contributed by atoms with E-state index in [0.29, 0.717) is 5.76 Å². The minimum atomic E-state index is -3.52. The maximum atomic E-state index is 10.5. The van der Waals surface area contributed by atoms with Crippen molar-refractivity contribution in [1.29, 1.82) is 0 Å². The number of oxazole rings is 1. The van der Waals surface area contributed by atoms with Crippen LogP contribution in [0, 0.1) is 6.92 Å². The quantitative estimate of drug-likeness (QED) is 0.674. The van der Waals surface area contributed by atoms with Crippen LogP contribution >= 0.6 is 0 Å². The number of nitrogens with two attached hydrogens (primary N) is 1. The van der Waals surface area contributed by atoms with Gasteiger partial charge in [0.2, 0.25) is 15.9 Å². The summed E-state index contributed by atoms with van der Waals surface area (Å²) in [4.78, 5) is 3.68. The molecule has 1 heterocycles. The van der Waals surface area contributed by atoms with Crippen molar-refractivity contribution in [3.63, 3.8) is 0 Å². The van der Waals surface area contributed by atoms with Crippen LogP contribution in [-0.2, 0) is 15.8 Å². The molecule has 0 saturated heterocycles. The van der Waals surface area contributed by atoms with E-state index >= 15 is 0 Å². The Balaban J connectivity index is 2.81. The normalized spacial score (nSPS) is 11.8. The number of hydrogen-bond acceptors (Lipinski definition) is 4. The van der Waals surface area contributed by atoms with Gasteiger partial charge in [-0.3, -0.25) is 0 Å². The topological polar surface area (TPSA) is 86.2 Å². The van der Waals surface area contributed by atoms with Crippen LogP contribution in [0.1, 0.15) is 11.7 Å². The Hall–Kier alpha value is -0.880. The molecule has 1 rings (SSSR count). The lowest BCUT2D eigenvalue weighted by Crippen LogP contribution is -2.14. The number of aryl methyl sites for hydroxylation is 1. The SMILES string of the molecule is Cc1cnc(CS(N)(=O)=O)o1. The van der Waals surface area contributed by atoms with Crippen molar-refractivity contribution in [2.24, 2.45) is 5.14 Å². The lowest BCUT2D eigenvalue weighted by atomic mass is 10.6. The monoisotopic (exact) mass is 176 g/mol. The molecule has 0 unspecified atom stereocenters. The molecule has 0 saturated carbocycles. The van der Waals surface area contributed by atoms with E-state index in [1.807, 2.05) is 0 Å². The van der Waals surface area contributed by atoms with Crippen LogP contribution in [0.3, 0.4) is 0 Å². The molecule has 2 N–H and O–H groups in total. The van der Waals surface area contributed by atoms with Gasteiger partial charge in [0, 0.05) is 0 Å². The number of aromatic nitrogens is 1. The molecule has 6 heteroatoms. The van der Waals surface area contributed by atoms with Gasteiger partial charge in [-0.05, 0) is 6.92 Å². The molecule has 0 aliphatic rings. The van der Waals surface area contributed by atoms with E-state index < -0.39 is 10.0 Å². The minimum absolute atomic E-state index is 0.130. The molecule has 0 aliphatic carbocycles. The lowest BCUT2D eigenvalue weighted by Gasteiger charge is -1.90. The average Bonchev–Trinajstić information content (AvgIpc) is 2.10. The predicted molar refractivity (Wildman–Crippen MR) is 38.1 cm³/mol. The summed E-state index contributed by atoms with van der Waals surface area (Å²) < 4.78 is 25.9. The number of rotatable bonds is 2. The molecule has 1 aromatic rings. The molecule has 0 spiro atoms. The fourth-order valence-electron chi connectivity index (χ4n) is 0.640. The zero-order valence-corrected chi connectivity index (χ0v) is 6.76. The standard InChI is InChI=1S/C5H8N2O3S/c1-4-2-7-5(10-4)3-11(6,8)9/h2H,3H2,1H3,(H2,6,8,9). The Morgan fingerprint density at radius 1 is 1.73 bits per heavy atom. The second-order valence-electron chi connectivity index (χ2n) is 2.17. The fraction of sp³-hybridized carbons (Fsp3) is 0.400. The molecule has 62 valence electrons. The summed E-state index contributed by atoms with van der Waals surface area (Å²) in [5.74, 6) is 0.356. The van der Waals surface area contributed by atoms with E-state index in [2.05, 4.69) is 4.98 Å². The first-order valence-corrected chi connectivity index (χ1v) is 4.61. The van der Waals surface area contributed by atoms with Crippen molar-refractivity contribution in [1.82, 2.24) is 4.98 Å². The van der Waals surface area contributed by atoms with Crippen molar-refractivity contribution >= 4 is 10.0 Å². The number of sulfonamides is 1. The van der Waals surface area contributed by atoms with Crippen LogP contribution in [0.2, 0.25) is 0 Å². The van der Waals surface area contributed by atoms with Crippen LogP contribution in [0.4, 0.5) is 0 Å². The summed E-state index contributed by atoms with van der Waals surface area (Å²) in [7, 11) is -3.52. The molecule has 0 aromatic carbocycles. The highest BCUT2D eigenvalue weighted by atomic mass is 32.2. The zero-order chi connectivity index (χ0) is 8.48. The molecule has 0 amide bonds. The van der Waals surface area contributed by atoms with Gasteiger partial charge in [0.25, 0.3) is 0 Å². The van der Waals surface area contributed by atoms with E-state index in [-0.39, 0.29) is 11.6 Å². The van der Waals surface area contributed by atoms with Crippen LogP contribution in [0.25, 0.3) is 0 Å². The largest absolute Gasteiger partial charge is 0.445 e. The molecule has 0 aliphatic heterocycles. The third-order valence-electron chi connectivity index (χ3n) is 0.994. The molecular weight excluding hydrogens is 168 g/mol. The van der Waals surface area contributed by atoms with Crippen molar-refractivity contribution in [2.75, 3.05) is 0 Å². The van der Waals surface area contributed by atoms with Crippen molar-refractivity contribution in [2.45, 2.75) is 12.7 Å². The highest BCUT2D eigenvalue weighted by Gasteiger charge is 2.09. The Morgan fingerprint density at radius 2 is 2.36 bits per heavy atom. The van der Waals surface area contributed by atoms with Crippen LogP contribution in [-0.4, -0.2) is 13.4 Å². The summed E-state index contributed by atoms with van der Waals surface area (Å²) in [6, 6.07) is 0. The first-order valence-electron chi connectivity index (χ1n) is 2.89. The van der Waals surface area contributed by atoms with Gasteiger partial charge >= 0.3 is 0 Å². The van der Waals surface area contributed by atoms with Crippen molar-refractivity contribution in [3.05, 3.63) is 17.8 Å². The Bertz CT molecular complexity index is 340. The van der Waals surface area contributed by atoms with E-state index in [0.717, 1.165) is 0 Å². The molecular formula is C5H8N2O3S. The molecule has 0 atom stereocenters. The van der Waals surface area contributed by atoms with E-state index in [1.54, 1.807) is 6.92 Å². The van der Waals surface area contributed by atoms with Gasteiger partial charge < -0.3 is 4.42 Å². The van der Waals surface area contributed by atoms with Crippen molar-refractivity contribution < 1.29 is 12.8 Å². The Kier molecular flexibility index (Phi) is 1.97. The van der Waals surface area contributed by atoms with Gasteiger partial charge in [-0.25, -0.2) is 18.5 Å². The van der Waals surface area contributed by atoms with Crippen molar-refractivity contribution in [3.8, 4) is 0 Å². The summed E-state index contributed by atoms with van der Waals surface area (Å²) in [6.07, 6.45) is 1.44. The third-order valence-corrected chi connectivity index (χ3v) is 1.64. The molecule has 0 radical (unpaired) electrons. The minimum Gasteiger partial charge on any atom is -0.445 e. The third kappa shape index (κ3) is 2.69. The Labute approximate surface area is 64.3 Å². The number of nitrogens with zero attached hydrogens (tertiary/aromatic N) is 1. The van der Waals surface area contributed by atoms with Gasteiger partial charge in [-0.2, -0.15) is 0 Å².